The Labute approximate surface area is 149 Å². The normalized spacial score (nSPS) is 14.4. The van der Waals surface area contributed by atoms with E-state index in [4.69, 9.17) is 4.74 Å². The lowest BCUT2D eigenvalue weighted by molar-refractivity contribution is 0.0566. The molecule has 7 heteroatoms. The van der Waals surface area contributed by atoms with Gasteiger partial charge in [0.25, 0.3) is 5.91 Å². The number of nitrogens with zero attached hydrogens (tertiary/aromatic N) is 4. The molecule has 0 unspecified atom stereocenters. The van der Waals surface area contributed by atoms with E-state index in [2.05, 4.69) is 16.8 Å². The third-order valence-corrected chi connectivity index (χ3v) is 4.35. The molecule has 1 aromatic heterocycles. The molecule has 0 saturated carbocycles. The fourth-order valence-electron chi connectivity index (χ4n) is 2.73. The van der Waals surface area contributed by atoms with Crippen molar-refractivity contribution in [1.29, 1.82) is 0 Å². The lowest BCUT2D eigenvalue weighted by Gasteiger charge is -2.33. The van der Waals surface area contributed by atoms with E-state index in [1.807, 2.05) is 13.1 Å². The number of pyridine rings is 1. The zero-order valence-corrected chi connectivity index (χ0v) is 15.4. The molecule has 7 nitrogen and oxygen atoms in total. The number of aromatic nitrogens is 1. The van der Waals surface area contributed by atoms with Crippen LogP contribution in [0.4, 0.5) is 10.5 Å². The molecule has 2 amide bonds. The van der Waals surface area contributed by atoms with Gasteiger partial charge in [-0.1, -0.05) is 13.3 Å². The van der Waals surface area contributed by atoms with Gasteiger partial charge in [-0.3, -0.25) is 4.79 Å². The highest BCUT2D eigenvalue weighted by Gasteiger charge is 2.26. The Kier molecular flexibility index (Phi) is 7.03. The van der Waals surface area contributed by atoms with Gasteiger partial charge < -0.3 is 19.4 Å². The minimum absolute atomic E-state index is 0.0914. The summed E-state index contributed by atoms with van der Waals surface area (Å²) >= 11 is 0. The van der Waals surface area contributed by atoms with E-state index in [0.717, 1.165) is 25.1 Å². The van der Waals surface area contributed by atoms with Crippen molar-refractivity contribution >= 4 is 17.7 Å². The largest absolute Gasteiger partial charge is 0.450 e. The van der Waals surface area contributed by atoms with Crippen molar-refractivity contribution in [2.45, 2.75) is 26.7 Å². The van der Waals surface area contributed by atoms with Crippen molar-refractivity contribution in [2.24, 2.45) is 0 Å². The van der Waals surface area contributed by atoms with Gasteiger partial charge in [0.1, 0.15) is 5.69 Å². The quantitative estimate of drug-likeness (QED) is 0.789. The number of amides is 2. The van der Waals surface area contributed by atoms with E-state index >= 15 is 0 Å². The van der Waals surface area contributed by atoms with E-state index in [1.165, 1.54) is 0 Å². The second kappa shape index (κ2) is 9.25. The number of carbonyl (C=O) groups is 2. The van der Waals surface area contributed by atoms with Gasteiger partial charge in [0.15, 0.2) is 0 Å². The van der Waals surface area contributed by atoms with Crippen molar-refractivity contribution in [3.8, 4) is 0 Å². The van der Waals surface area contributed by atoms with Gasteiger partial charge in [0.2, 0.25) is 0 Å². The van der Waals surface area contributed by atoms with Crippen LogP contribution in [0, 0.1) is 0 Å². The lowest BCUT2D eigenvalue weighted by atomic mass is 10.2. The monoisotopic (exact) mass is 348 g/mol. The Bertz CT molecular complexity index is 568. The van der Waals surface area contributed by atoms with Gasteiger partial charge in [-0.25, -0.2) is 9.78 Å². The summed E-state index contributed by atoms with van der Waals surface area (Å²) in [5, 5.41) is 0. The van der Waals surface area contributed by atoms with Crippen LogP contribution < -0.4 is 4.90 Å². The Morgan fingerprint density at radius 1 is 1.16 bits per heavy atom. The summed E-state index contributed by atoms with van der Waals surface area (Å²) in [6.45, 7) is 7.25. The minimum atomic E-state index is -0.313. The van der Waals surface area contributed by atoms with Crippen LogP contribution in [0.15, 0.2) is 18.3 Å². The highest BCUT2D eigenvalue weighted by Crippen LogP contribution is 2.14. The molecule has 0 N–H and O–H groups in total. The maximum atomic E-state index is 12.6. The maximum Gasteiger partial charge on any atom is 0.409 e. The Morgan fingerprint density at radius 2 is 1.84 bits per heavy atom. The van der Waals surface area contributed by atoms with Crippen molar-refractivity contribution in [3.05, 3.63) is 24.0 Å². The number of hydrogen-bond donors (Lipinski definition) is 0. The van der Waals surface area contributed by atoms with Crippen LogP contribution in [-0.2, 0) is 4.74 Å². The van der Waals surface area contributed by atoms with Crippen molar-refractivity contribution in [1.82, 2.24) is 14.8 Å². The van der Waals surface area contributed by atoms with Crippen LogP contribution in [0.25, 0.3) is 0 Å². The summed E-state index contributed by atoms with van der Waals surface area (Å²) in [5.74, 6) is -0.0914. The third-order valence-electron chi connectivity index (χ3n) is 4.35. The molecule has 2 rings (SSSR count). The summed E-state index contributed by atoms with van der Waals surface area (Å²) in [4.78, 5) is 34.1. The van der Waals surface area contributed by atoms with Gasteiger partial charge in [0, 0.05) is 39.8 Å². The Morgan fingerprint density at radius 3 is 2.40 bits per heavy atom. The van der Waals surface area contributed by atoms with E-state index in [-0.39, 0.29) is 12.0 Å². The molecule has 0 radical (unpaired) electrons. The second-order valence-corrected chi connectivity index (χ2v) is 6.15. The first-order chi connectivity index (χ1) is 12.1. The Hall–Kier alpha value is -2.31. The number of unbranched alkanes of at least 4 members (excludes halogenated alkanes) is 1. The number of rotatable bonds is 6. The summed E-state index contributed by atoms with van der Waals surface area (Å²) in [5.41, 5.74) is 1.45. The first-order valence-corrected chi connectivity index (χ1v) is 8.95. The molecule has 25 heavy (non-hydrogen) atoms. The zero-order chi connectivity index (χ0) is 18.2. The van der Waals surface area contributed by atoms with Crippen LogP contribution in [0.3, 0.4) is 0 Å². The van der Waals surface area contributed by atoms with Gasteiger partial charge in [-0.05, 0) is 25.5 Å². The molecule has 0 atom stereocenters. The summed E-state index contributed by atoms with van der Waals surface area (Å²) < 4.78 is 4.99. The molecule has 138 valence electrons. The van der Waals surface area contributed by atoms with Gasteiger partial charge in [-0.15, -0.1) is 0 Å². The highest BCUT2D eigenvalue weighted by molar-refractivity contribution is 5.92. The number of piperazine rings is 1. The molecule has 1 aliphatic heterocycles. The van der Waals surface area contributed by atoms with Crippen molar-refractivity contribution in [2.75, 3.05) is 51.3 Å². The molecule has 0 spiro atoms. The third kappa shape index (κ3) is 5.08. The maximum absolute atomic E-state index is 12.6. The first kappa shape index (κ1) is 19.0. The Balaban J connectivity index is 1.90. The van der Waals surface area contributed by atoms with E-state index in [9.17, 15) is 9.59 Å². The molecule has 1 saturated heterocycles. The van der Waals surface area contributed by atoms with Crippen LogP contribution in [-0.4, -0.2) is 73.2 Å². The summed E-state index contributed by atoms with van der Waals surface area (Å²) in [7, 11) is 2.03. The van der Waals surface area contributed by atoms with Gasteiger partial charge in [0.05, 0.1) is 18.5 Å². The standard InChI is InChI=1S/C18H28N4O3/c1-4-6-9-20(3)15-7-8-16(19-14-15)17(23)21-10-12-22(13-11-21)18(24)25-5-2/h7-8,14H,4-6,9-13H2,1-3H3. The molecule has 1 aliphatic rings. The summed E-state index contributed by atoms with van der Waals surface area (Å²) in [6.07, 6.45) is 3.71. The molecule has 0 bridgehead atoms. The van der Waals surface area contributed by atoms with E-state index in [1.54, 1.807) is 29.0 Å². The van der Waals surface area contributed by atoms with Crippen LogP contribution in [0.2, 0.25) is 0 Å². The minimum Gasteiger partial charge on any atom is -0.450 e. The fraction of sp³-hybridized carbons (Fsp3) is 0.611. The molecule has 2 heterocycles. The fourth-order valence-corrected chi connectivity index (χ4v) is 2.73. The van der Waals surface area contributed by atoms with Gasteiger partial charge >= 0.3 is 6.09 Å². The van der Waals surface area contributed by atoms with E-state index in [0.29, 0.717) is 38.5 Å². The molecule has 0 aromatic carbocycles. The smallest absolute Gasteiger partial charge is 0.409 e. The van der Waals surface area contributed by atoms with Gasteiger partial charge in [-0.2, -0.15) is 0 Å². The van der Waals surface area contributed by atoms with E-state index < -0.39 is 0 Å². The average Bonchev–Trinajstić information content (AvgIpc) is 2.66. The van der Waals surface area contributed by atoms with Crippen molar-refractivity contribution < 1.29 is 14.3 Å². The topological polar surface area (TPSA) is 66.0 Å². The first-order valence-electron chi connectivity index (χ1n) is 8.95. The second-order valence-electron chi connectivity index (χ2n) is 6.15. The number of anilines is 1. The van der Waals surface area contributed by atoms with Crippen molar-refractivity contribution in [3.63, 3.8) is 0 Å². The molecule has 1 fully saturated rings. The molecular weight excluding hydrogens is 320 g/mol. The number of carbonyl (C=O) groups excluding carboxylic acids is 2. The van der Waals surface area contributed by atoms with Crippen LogP contribution in [0.1, 0.15) is 37.2 Å². The molecule has 1 aromatic rings. The molecular formula is C18H28N4O3. The predicted octanol–water partition coefficient (Wildman–Crippen LogP) is 2.23. The lowest BCUT2D eigenvalue weighted by Crippen LogP contribution is -2.50. The summed E-state index contributed by atoms with van der Waals surface area (Å²) in [6, 6.07) is 3.71. The SMILES string of the molecule is CCCCN(C)c1ccc(C(=O)N2CCN(C(=O)OCC)CC2)nc1. The van der Waals surface area contributed by atoms with Crippen LogP contribution >= 0.6 is 0 Å². The predicted molar refractivity (Wildman–Crippen MR) is 96.9 cm³/mol. The number of ether oxygens (including phenoxy) is 1. The van der Waals surface area contributed by atoms with Crippen LogP contribution in [0.5, 0.6) is 0 Å². The molecule has 0 aliphatic carbocycles. The average molecular weight is 348 g/mol. The zero-order valence-electron chi connectivity index (χ0n) is 15.4. The number of hydrogen-bond acceptors (Lipinski definition) is 5. The highest BCUT2D eigenvalue weighted by atomic mass is 16.6.